The summed E-state index contributed by atoms with van der Waals surface area (Å²) in [6.45, 7) is 16.2. The van der Waals surface area contributed by atoms with Crippen molar-refractivity contribution in [1.29, 1.82) is 0 Å². The molecule has 0 saturated heterocycles. The van der Waals surface area contributed by atoms with Gasteiger partial charge in [-0.15, -0.1) is 0 Å². The maximum absolute atomic E-state index is 6.24. The molecule has 2 N–H and O–H groups in total. The zero-order chi connectivity index (χ0) is 25.2. The van der Waals surface area contributed by atoms with Gasteiger partial charge >= 0.3 is 0 Å². The van der Waals surface area contributed by atoms with Crippen LogP contribution in [0.2, 0.25) is 0 Å². The summed E-state index contributed by atoms with van der Waals surface area (Å²) in [5, 5.41) is 1.14. The number of nitrogen functional groups attached to an aromatic ring is 1. The highest BCUT2D eigenvalue weighted by atomic mass is 16.3. The molecule has 0 radical (unpaired) electrons. The number of nitrogens with two attached hydrogens (primary N) is 1. The summed E-state index contributed by atoms with van der Waals surface area (Å²) in [5.74, 6) is 0. The lowest BCUT2D eigenvalue weighted by Gasteiger charge is -2.41. The minimum Gasteiger partial charge on any atom is -0.462 e. The van der Waals surface area contributed by atoms with Crippen LogP contribution in [0.15, 0.2) is 71.3 Å². The third-order valence-electron chi connectivity index (χ3n) is 7.89. The molecule has 3 aromatic carbocycles. The van der Waals surface area contributed by atoms with E-state index in [9.17, 15) is 0 Å². The average molecular weight is 467 g/mol. The van der Waals surface area contributed by atoms with Crippen molar-refractivity contribution in [3.63, 3.8) is 0 Å². The fraction of sp³-hybridized carbons (Fsp3) is 0.375. The first-order chi connectivity index (χ1) is 16.4. The third kappa shape index (κ3) is 4.11. The number of hydrogen-bond donors (Lipinski definition) is 1. The topological polar surface area (TPSA) is 42.4 Å². The van der Waals surface area contributed by atoms with Gasteiger partial charge < -0.3 is 15.1 Å². The van der Waals surface area contributed by atoms with Crippen LogP contribution >= 0.6 is 0 Å². The standard InChI is InChI=1S/C32H38N2O/c1-30(2,3)21-11-13-23(14-12-21)34(24-10-8-9-22(33)17-24)28-20-35-29-19-27-26(18-25(28)29)31(4,5)15-16-32(27,6)7/h8-14,17-20H,15-16,33H2,1-7H3. The van der Waals surface area contributed by atoms with Crippen LogP contribution in [0.1, 0.15) is 78.0 Å². The molecule has 3 nitrogen and oxygen atoms in total. The summed E-state index contributed by atoms with van der Waals surface area (Å²) in [7, 11) is 0. The first kappa shape index (κ1) is 23.5. The second kappa shape index (κ2) is 7.91. The number of benzene rings is 3. The summed E-state index contributed by atoms with van der Waals surface area (Å²) >= 11 is 0. The van der Waals surface area contributed by atoms with Gasteiger partial charge in [0.25, 0.3) is 0 Å². The van der Waals surface area contributed by atoms with Crippen LogP contribution in [-0.2, 0) is 16.2 Å². The molecule has 0 saturated carbocycles. The van der Waals surface area contributed by atoms with Crippen LogP contribution in [0.5, 0.6) is 0 Å². The van der Waals surface area contributed by atoms with Crippen LogP contribution < -0.4 is 10.6 Å². The van der Waals surface area contributed by atoms with Gasteiger partial charge in [-0.25, -0.2) is 0 Å². The van der Waals surface area contributed by atoms with E-state index < -0.39 is 0 Å². The van der Waals surface area contributed by atoms with Crippen molar-refractivity contribution < 1.29 is 4.42 Å². The van der Waals surface area contributed by atoms with Crippen molar-refractivity contribution in [2.45, 2.75) is 77.6 Å². The predicted octanol–water partition coefficient (Wildman–Crippen LogP) is 9.13. The summed E-state index contributed by atoms with van der Waals surface area (Å²) in [5.41, 5.74) is 15.6. The maximum Gasteiger partial charge on any atom is 0.136 e. The van der Waals surface area contributed by atoms with Crippen molar-refractivity contribution in [1.82, 2.24) is 0 Å². The quantitative estimate of drug-likeness (QED) is 0.306. The molecule has 0 amide bonds. The van der Waals surface area contributed by atoms with E-state index in [0.29, 0.717) is 0 Å². The van der Waals surface area contributed by atoms with E-state index in [2.05, 4.69) is 95.8 Å². The predicted molar refractivity (Wildman–Crippen MR) is 149 cm³/mol. The molecule has 4 aromatic rings. The lowest BCUT2D eigenvalue weighted by atomic mass is 9.63. The molecule has 0 aliphatic heterocycles. The van der Waals surface area contributed by atoms with E-state index in [1.54, 1.807) is 0 Å². The van der Waals surface area contributed by atoms with Gasteiger partial charge in [0.2, 0.25) is 0 Å². The highest BCUT2D eigenvalue weighted by molar-refractivity contribution is 5.98. The van der Waals surface area contributed by atoms with Crippen LogP contribution in [0, 0.1) is 0 Å². The fourth-order valence-corrected chi connectivity index (χ4v) is 5.45. The Bertz CT molecular complexity index is 1380. The highest BCUT2D eigenvalue weighted by Crippen LogP contribution is 2.49. The molecule has 0 spiro atoms. The molecule has 182 valence electrons. The Balaban J connectivity index is 1.73. The minimum absolute atomic E-state index is 0.0975. The third-order valence-corrected chi connectivity index (χ3v) is 7.89. The summed E-state index contributed by atoms with van der Waals surface area (Å²) in [6.07, 6.45) is 4.26. The smallest absolute Gasteiger partial charge is 0.136 e. The van der Waals surface area contributed by atoms with Gasteiger partial charge in [0, 0.05) is 22.4 Å². The second-order valence-corrected chi connectivity index (χ2v) is 12.5. The van der Waals surface area contributed by atoms with E-state index in [1.807, 2.05) is 24.5 Å². The van der Waals surface area contributed by atoms with Crippen LogP contribution in [0.25, 0.3) is 11.0 Å². The Morgan fingerprint density at radius 3 is 2.03 bits per heavy atom. The minimum atomic E-state index is 0.0975. The first-order valence-corrected chi connectivity index (χ1v) is 12.7. The van der Waals surface area contributed by atoms with Crippen molar-refractivity contribution in [3.05, 3.63) is 83.6 Å². The van der Waals surface area contributed by atoms with Crippen LogP contribution in [0.4, 0.5) is 22.7 Å². The van der Waals surface area contributed by atoms with Gasteiger partial charge in [-0.3, -0.25) is 0 Å². The Kier molecular flexibility index (Phi) is 5.32. The number of nitrogens with zero attached hydrogens (tertiary/aromatic N) is 1. The highest BCUT2D eigenvalue weighted by Gasteiger charge is 2.38. The number of furan rings is 1. The molecule has 1 aliphatic carbocycles. The molecule has 1 heterocycles. The van der Waals surface area contributed by atoms with E-state index in [0.717, 1.165) is 33.7 Å². The fourth-order valence-electron chi connectivity index (χ4n) is 5.45. The summed E-state index contributed by atoms with van der Waals surface area (Å²) < 4.78 is 6.24. The average Bonchev–Trinajstić information content (AvgIpc) is 3.19. The molecule has 0 bridgehead atoms. The van der Waals surface area contributed by atoms with E-state index >= 15 is 0 Å². The molecule has 0 unspecified atom stereocenters. The lowest BCUT2D eigenvalue weighted by molar-refractivity contribution is 0.332. The van der Waals surface area contributed by atoms with Crippen LogP contribution in [0.3, 0.4) is 0 Å². The van der Waals surface area contributed by atoms with Gasteiger partial charge in [0.15, 0.2) is 0 Å². The molecule has 5 rings (SSSR count). The molecule has 35 heavy (non-hydrogen) atoms. The monoisotopic (exact) mass is 466 g/mol. The van der Waals surface area contributed by atoms with Crippen molar-refractivity contribution >= 4 is 33.7 Å². The molecule has 0 atom stereocenters. The summed E-state index contributed by atoms with van der Waals surface area (Å²) in [4.78, 5) is 2.27. The van der Waals surface area contributed by atoms with Gasteiger partial charge in [0.05, 0.1) is 5.69 Å². The molecule has 3 heteroatoms. The number of fused-ring (bicyclic) bond motifs is 2. The number of rotatable bonds is 3. The van der Waals surface area contributed by atoms with Gasteiger partial charge in [0.1, 0.15) is 11.8 Å². The normalized spacial score (nSPS) is 16.8. The Morgan fingerprint density at radius 1 is 0.800 bits per heavy atom. The second-order valence-electron chi connectivity index (χ2n) is 12.5. The Labute approximate surface area is 209 Å². The zero-order valence-electron chi connectivity index (χ0n) is 22.2. The largest absolute Gasteiger partial charge is 0.462 e. The van der Waals surface area contributed by atoms with Crippen LogP contribution in [-0.4, -0.2) is 0 Å². The maximum atomic E-state index is 6.24. The van der Waals surface area contributed by atoms with Crippen molar-refractivity contribution in [3.8, 4) is 0 Å². The van der Waals surface area contributed by atoms with Gasteiger partial charge in [-0.2, -0.15) is 0 Å². The number of anilines is 4. The van der Waals surface area contributed by atoms with Crippen molar-refractivity contribution in [2.75, 3.05) is 10.6 Å². The lowest BCUT2D eigenvalue weighted by Crippen LogP contribution is -2.33. The Morgan fingerprint density at radius 2 is 1.43 bits per heavy atom. The van der Waals surface area contributed by atoms with E-state index in [-0.39, 0.29) is 16.2 Å². The van der Waals surface area contributed by atoms with Gasteiger partial charge in [-0.05, 0) is 88.2 Å². The molecule has 1 aromatic heterocycles. The zero-order valence-corrected chi connectivity index (χ0v) is 22.2. The molecule has 0 fully saturated rings. The van der Waals surface area contributed by atoms with E-state index in [1.165, 1.54) is 29.5 Å². The first-order valence-electron chi connectivity index (χ1n) is 12.7. The van der Waals surface area contributed by atoms with Gasteiger partial charge in [-0.1, -0.05) is 66.7 Å². The SMILES string of the molecule is CC(C)(C)c1ccc(N(c2cccc(N)c2)c2coc3cc4c(cc23)C(C)(C)CCC4(C)C)cc1. The van der Waals surface area contributed by atoms with Crippen molar-refractivity contribution in [2.24, 2.45) is 0 Å². The Hall–Kier alpha value is -3.20. The summed E-state index contributed by atoms with van der Waals surface area (Å²) in [6, 6.07) is 21.6. The molecular weight excluding hydrogens is 428 g/mol. The van der Waals surface area contributed by atoms with E-state index in [4.69, 9.17) is 10.2 Å². The molecule has 1 aliphatic rings. The number of hydrogen-bond acceptors (Lipinski definition) is 3. The molecular formula is C32H38N2O.